The summed E-state index contributed by atoms with van der Waals surface area (Å²) in [6.07, 6.45) is 3.63. The molecule has 2 amide bonds. The molecule has 1 aromatic carbocycles. The van der Waals surface area contributed by atoms with Crippen molar-refractivity contribution in [2.24, 2.45) is 5.92 Å². The first-order chi connectivity index (χ1) is 12.1. The highest BCUT2D eigenvalue weighted by molar-refractivity contribution is 5.98. The van der Waals surface area contributed by atoms with Crippen LogP contribution in [0.15, 0.2) is 18.2 Å². The number of rotatable bonds is 5. The number of ether oxygens (including phenoxy) is 2. The lowest BCUT2D eigenvalue weighted by Crippen LogP contribution is -2.41. The number of methoxy groups -OCH3 is 1. The Morgan fingerprint density at radius 3 is 2.80 bits per heavy atom. The Bertz CT molecular complexity index is 640. The van der Waals surface area contributed by atoms with Crippen molar-refractivity contribution < 1.29 is 24.2 Å². The Morgan fingerprint density at radius 2 is 2.12 bits per heavy atom. The van der Waals surface area contributed by atoms with Gasteiger partial charge in [-0.05, 0) is 50.2 Å². The maximum absolute atomic E-state index is 12.3. The normalized spacial score (nSPS) is 22.8. The number of benzene rings is 1. The molecule has 25 heavy (non-hydrogen) atoms. The predicted octanol–water partition coefficient (Wildman–Crippen LogP) is 2.64. The number of carbonyl (C=O) groups is 2. The quantitative estimate of drug-likeness (QED) is 0.854. The third-order valence-corrected chi connectivity index (χ3v) is 5.04. The fourth-order valence-electron chi connectivity index (χ4n) is 3.64. The molecule has 0 saturated heterocycles. The maximum Gasteiger partial charge on any atom is 0.404 e. The lowest BCUT2D eigenvalue weighted by Gasteiger charge is -2.33. The van der Waals surface area contributed by atoms with Gasteiger partial charge in [-0.25, -0.2) is 4.79 Å². The second-order valence-electron chi connectivity index (χ2n) is 6.62. The minimum Gasteiger partial charge on any atom is -0.497 e. The standard InChI is InChI=1S/C18H24N2O5/c1-24-14-6-7-16-15(10-14)20(17(21)11-25-16)9-8-12-2-4-13(5-3-12)19-18(22)23/h6-7,10,12-13,19H,2-5,8-9,11H2,1H3,(H,22,23)/t12-,13-. The Labute approximate surface area is 146 Å². The van der Waals surface area contributed by atoms with E-state index >= 15 is 0 Å². The van der Waals surface area contributed by atoms with Gasteiger partial charge in [0.15, 0.2) is 6.61 Å². The van der Waals surface area contributed by atoms with E-state index in [2.05, 4.69) is 5.32 Å². The second-order valence-corrected chi connectivity index (χ2v) is 6.62. The molecule has 0 unspecified atom stereocenters. The summed E-state index contributed by atoms with van der Waals surface area (Å²) in [5, 5.41) is 11.4. The van der Waals surface area contributed by atoms with Gasteiger partial charge in [-0.15, -0.1) is 0 Å². The van der Waals surface area contributed by atoms with Gasteiger partial charge in [-0.1, -0.05) is 0 Å². The van der Waals surface area contributed by atoms with Crippen LogP contribution in [0.2, 0.25) is 0 Å². The van der Waals surface area contributed by atoms with Crippen molar-refractivity contribution in [3.05, 3.63) is 18.2 Å². The molecule has 2 aliphatic rings. The predicted molar refractivity (Wildman–Crippen MR) is 92.4 cm³/mol. The van der Waals surface area contributed by atoms with Crippen molar-refractivity contribution in [1.82, 2.24) is 5.32 Å². The molecular formula is C18H24N2O5. The third-order valence-electron chi connectivity index (χ3n) is 5.04. The molecule has 1 aliphatic heterocycles. The van der Waals surface area contributed by atoms with Gasteiger partial charge in [0.2, 0.25) is 0 Å². The summed E-state index contributed by atoms with van der Waals surface area (Å²) in [5.74, 6) is 1.87. The van der Waals surface area contributed by atoms with Crippen LogP contribution >= 0.6 is 0 Å². The summed E-state index contributed by atoms with van der Waals surface area (Å²) < 4.78 is 10.8. The van der Waals surface area contributed by atoms with Crippen molar-refractivity contribution in [2.45, 2.75) is 38.1 Å². The minimum atomic E-state index is -0.951. The lowest BCUT2D eigenvalue weighted by atomic mass is 9.84. The molecule has 0 radical (unpaired) electrons. The number of hydrogen-bond acceptors (Lipinski definition) is 4. The van der Waals surface area contributed by atoms with Gasteiger partial charge in [-0.3, -0.25) is 4.79 Å². The van der Waals surface area contributed by atoms with Gasteiger partial charge >= 0.3 is 6.09 Å². The highest BCUT2D eigenvalue weighted by atomic mass is 16.5. The summed E-state index contributed by atoms with van der Waals surface area (Å²) in [6, 6.07) is 5.55. The van der Waals surface area contributed by atoms with E-state index in [-0.39, 0.29) is 18.6 Å². The van der Waals surface area contributed by atoms with Crippen LogP contribution in [0.4, 0.5) is 10.5 Å². The SMILES string of the molecule is COc1ccc2c(c1)N(CC[C@H]1CC[C@H](NC(=O)O)CC1)C(=O)CO2. The van der Waals surface area contributed by atoms with Crippen molar-refractivity contribution in [3.8, 4) is 11.5 Å². The van der Waals surface area contributed by atoms with Crippen LogP contribution in [0.1, 0.15) is 32.1 Å². The van der Waals surface area contributed by atoms with Gasteiger partial charge < -0.3 is 24.8 Å². The van der Waals surface area contributed by atoms with E-state index < -0.39 is 6.09 Å². The number of amides is 2. The van der Waals surface area contributed by atoms with Crippen molar-refractivity contribution in [3.63, 3.8) is 0 Å². The van der Waals surface area contributed by atoms with E-state index in [0.29, 0.717) is 24.0 Å². The number of nitrogens with one attached hydrogen (secondary N) is 1. The minimum absolute atomic E-state index is 0.0398. The molecule has 1 saturated carbocycles. The maximum atomic E-state index is 12.3. The molecule has 7 nitrogen and oxygen atoms in total. The van der Waals surface area contributed by atoms with E-state index in [4.69, 9.17) is 14.6 Å². The molecule has 0 atom stereocenters. The van der Waals surface area contributed by atoms with Gasteiger partial charge in [0.1, 0.15) is 11.5 Å². The second kappa shape index (κ2) is 7.63. The Morgan fingerprint density at radius 1 is 1.36 bits per heavy atom. The first-order valence-electron chi connectivity index (χ1n) is 8.67. The van der Waals surface area contributed by atoms with Crippen LogP contribution in [-0.2, 0) is 4.79 Å². The number of hydrogen-bond donors (Lipinski definition) is 2. The molecule has 2 N–H and O–H groups in total. The van der Waals surface area contributed by atoms with Crippen molar-refractivity contribution in [2.75, 3.05) is 25.2 Å². The van der Waals surface area contributed by atoms with E-state index in [0.717, 1.165) is 37.8 Å². The molecule has 0 spiro atoms. The van der Waals surface area contributed by atoms with Crippen molar-refractivity contribution in [1.29, 1.82) is 0 Å². The molecule has 1 fully saturated rings. The highest BCUT2D eigenvalue weighted by Crippen LogP contribution is 2.36. The number of carboxylic acid groups (broad SMARTS) is 1. The zero-order valence-corrected chi connectivity index (χ0v) is 14.4. The molecule has 136 valence electrons. The molecule has 0 bridgehead atoms. The number of anilines is 1. The monoisotopic (exact) mass is 348 g/mol. The first-order valence-corrected chi connectivity index (χ1v) is 8.67. The highest BCUT2D eigenvalue weighted by Gasteiger charge is 2.28. The largest absolute Gasteiger partial charge is 0.497 e. The van der Waals surface area contributed by atoms with Crippen LogP contribution in [0.3, 0.4) is 0 Å². The molecule has 3 rings (SSSR count). The summed E-state index contributed by atoms with van der Waals surface area (Å²) in [6.45, 7) is 0.707. The lowest BCUT2D eigenvalue weighted by molar-refractivity contribution is -0.121. The molecule has 7 heteroatoms. The summed E-state index contributed by atoms with van der Waals surface area (Å²) in [4.78, 5) is 24.8. The van der Waals surface area contributed by atoms with Gasteiger partial charge in [0.25, 0.3) is 5.91 Å². The topological polar surface area (TPSA) is 88.1 Å². The molecule has 0 aromatic heterocycles. The average molecular weight is 348 g/mol. The Hall–Kier alpha value is -2.44. The molecule has 1 aliphatic carbocycles. The number of nitrogens with zero attached hydrogens (tertiary/aromatic N) is 1. The van der Waals surface area contributed by atoms with Gasteiger partial charge in [0, 0.05) is 18.7 Å². The number of carbonyl (C=O) groups excluding carboxylic acids is 1. The smallest absolute Gasteiger partial charge is 0.404 e. The van der Waals surface area contributed by atoms with E-state index in [1.807, 2.05) is 18.2 Å². The third kappa shape index (κ3) is 4.15. The van der Waals surface area contributed by atoms with E-state index in [1.54, 1.807) is 12.0 Å². The van der Waals surface area contributed by atoms with Gasteiger partial charge in [0.05, 0.1) is 12.8 Å². The Kier molecular flexibility index (Phi) is 5.31. The van der Waals surface area contributed by atoms with E-state index in [9.17, 15) is 9.59 Å². The van der Waals surface area contributed by atoms with Gasteiger partial charge in [-0.2, -0.15) is 0 Å². The van der Waals surface area contributed by atoms with Crippen LogP contribution in [-0.4, -0.2) is 43.4 Å². The molecular weight excluding hydrogens is 324 g/mol. The van der Waals surface area contributed by atoms with Crippen LogP contribution < -0.4 is 19.7 Å². The first kappa shape index (κ1) is 17.4. The summed E-state index contributed by atoms with van der Waals surface area (Å²) in [7, 11) is 1.60. The molecule has 1 aromatic rings. The fourth-order valence-corrected chi connectivity index (χ4v) is 3.64. The van der Waals surface area contributed by atoms with Crippen LogP contribution in [0.5, 0.6) is 11.5 Å². The summed E-state index contributed by atoms with van der Waals surface area (Å²) in [5.41, 5.74) is 0.761. The van der Waals surface area contributed by atoms with Crippen LogP contribution in [0.25, 0.3) is 0 Å². The zero-order valence-electron chi connectivity index (χ0n) is 14.4. The fraction of sp³-hybridized carbons (Fsp3) is 0.556. The van der Waals surface area contributed by atoms with Crippen molar-refractivity contribution >= 4 is 17.7 Å². The van der Waals surface area contributed by atoms with Crippen LogP contribution in [0, 0.1) is 5.92 Å². The number of fused-ring (bicyclic) bond motifs is 1. The summed E-state index contributed by atoms with van der Waals surface area (Å²) >= 11 is 0. The zero-order chi connectivity index (χ0) is 17.8. The average Bonchev–Trinajstić information content (AvgIpc) is 2.61. The van der Waals surface area contributed by atoms with E-state index in [1.165, 1.54) is 0 Å². The molecule has 1 heterocycles. The Balaban J connectivity index is 1.58.